The molecule has 0 spiro atoms. The first-order chi connectivity index (χ1) is 6.61. The third-order valence-corrected chi connectivity index (χ3v) is 2.01. The lowest BCUT2D eigenvalue weighted by molar-refractivity contribution is -0.00268. The van der Waals surface area contributed by atoms with Crippen molar-refractivity contribution in [1.82, 2.24) is 14.9 Å². The highest BCUT2D eigenvalue weighted by Crippen LogP contribution is 2.02. The summed E-state index contributed by atoms with van der Waals surface area (Å²) in [6.45, 7) is -0.492. The number of aromatic nitrogens is 2. The number of amides is 1. The highest BCUT2D eigenvalue weighted by molar-refractivity contribution is 7.07. The Morgan fingerprint density at radius 3 is 2.93 bits per heavy atom. The minimum absolute atomic E-state index is 0.214. The summed E-state index contributed by atoms with van der Waals surface area (Å²) in [5.41, 5.74) is 0. The molecule has 1 aromatic rings. The van der Waals surface area contributed by atoms with Gasteiger partial charge < -0.3 is 10.4 Å². The van der Waals surface area contributed by atoms with Crippen LogP contribution in [0.3, 0.4) is 0 Å². The molecular formula is C6H7F2N3O2S. The zero-order valence-electron chi connectivity index (χ0n) is 6.85. The van der Waals surface area contributed by atoms with Crippen molar-refractivity contribution < 1.29 is 18.7 Å². The van der Waals surface area contributed by atoms with Crippen LogP contribution in [0, 0.1) is 0 Å². The first-order valence-corrected chi connectivity index (χ1v) is 4.40. The standard InChI is InChI=1S/C6H7F2N3O2S/c7-5(8)3(12)1-9-6(13)4-2-10-11-14-4/h2-3,5,12H,1H2,(H,9,13). The predicted molar refractivity (Wildman–Crippen MR) is 44.3 cm³/mol. The van der Waals surface area contributed by atoms with Crippen LogP contribution in [-0.4, -0.2) is 39.7 Å². The fourth-order valence-corrected chi connectivity index (χ4v) is 1.07. The van der Waals surface area contributed by atoms with Crippen LogP contribution in [0.4, 0.5) is 8.78 Å². The molecule has 8 heteroatoms. The van der Waals surface area contributed by atoms with Crippen molar-refractivity contribution in [3.05, 3.63) is 11.1 Å². The van der Waals surface area contributed by atoms with Crippen LogP contribution in [0.15, 0.2) is 6.20 Å². The van der Waals surface area contributed by atoms with E-state index in [9.17, 15) is 13.6 Å². The summed E-state index contributed by atoms with van der Waals surface area (Å²) < 4.78 is 27.0. The summed E-state index contributed by atoms with van der Waals surface area (Å²) in [7, 11) is 0. The number of alkyl halides is 2. The number of carbonyl (C=O) groups excluding carboxylic acids is 1. The van der Waals surface area contributed by atoms with Gasteiger partial charge in [-0.2, -0.15) is 0 Å². The monoisotopic (exact) mass is 223 g/mol. The number of nitrogens with zero attached hydrogens (tertiary/aromatic N) is 2. The zero-order chi connectivity index (χ0) is 10.6. The average Bonchev–Trinajstić information content (AvgIpc) is 2.66. The molecule has 0 aliphatic heterocycles. The van der Waals surface area contributed by atoms with E-state index in [0.29, 0.717) is 0 Å². The van der Waals surface area contributed by atoms with Gasteiger partial charge in [0.15, 0.2) is 0 Å². The number of nitrogens with one attached hydrogen (secondary N) is 1. The van der Waals surface area contributed by atoms with Crippen LogP contribution in [0.1, 0.15) is 9.67 Å². The molecule has 0 aromatic carbocycles. The lowest BCUT2D eigenvalue weighted by Crippen LogP contribution is -2.35. The molecule has 1 amide bonds. The van der Waals surface area contributed by atoms with Gasteiger partial charge in [0.05, 0.1) is 6.20 Å². The van der Waals surface area contributed by atoms with E-state index in [2.05, 4.69) is 14.9 Å². The fraction of sp³-hybridized carbons (Fsp3) is 0.500. The predicted octanol–water partition coefficient (Wildman–Crippen LogP) is -0.106. The van der Waals surface area contributed by atoms with E-state index in [1.54, 1.807) is 0 Å². The van der Waals surface area contributed by atoms with E-state index < -0.39 is 25.0 Å². The van der Waals surface area contributed by atoms with E-state index >= 15 is 0 Å². The zero-order valence-corrected chi connectivity index (χ0v) is 7.67. The number of carbonyl (C=O) groups is 1. The molecule has 1 unspecified atom stereocenters. The number of aliphatic hydroxyl groups excluding tert-OH is 1. The Kier molecular flexibility index (Phi) is 3.84. The number of rotatable bonds is 4. The Labute approximate surface area is 81.9 Å². The third-order valence-electron chi connectivity index (χ3n) is 1.35. The van der Waals surface area contributed by atoms with Crippen LogP contribution in [0.25, 0.3) is 0 Å². The summed E-state index contributed by atoms with van der Waals surface area (Å²) in [6, 6.07) is 0. The van der Waals surface area contributed by atoms with E-state index in [0.717, 1.165) is 11.5 Å². The van der Waals surface area contributed by atoms with Gasteiger partial charge in [-0.15, -0.1) is 5.10 Å². The maximum Gasteiger partial charge on any atom is 0.265 e. The second-order valence-electron chi connectivity index (χ2n) is 2.39. The second kappa shape index (κ2) is 4.91. The molecule has 0 bridgehead atoms. The quantitative estimate of drug-likeness (QED) is 0.747. The SMILES string of the molecule is O=C(NCC(O)C(F)F)c1cnns1. The van der Waals surface area contributed by atoms with E-state index in [4.69, 9.17) is 5.11 Å². The van der Waals surface area contributed by atoms with Crippen LogP contribution in [0.5, 0.6) is 0 Å². The molecule has 1 atom stereocenters. The van der Waals surface area contributed by atoms with Gasteiger partial charge in [-0.3, -0.25) is 4.79 Å². The minimum atomic E-state index is -2.87. The van der Waals surface area contributed by atoms with E-state index in [-0.39, 0.29) is 4.88 Å². The Bertz CT molecular complexity index is 293. The Morgan fingerprint density at radius 2 is 2.43 bits per heavy atom. The minimum Gasteiger partial charge on any atom is -0.385 e. The molecule has 5 nitrogen and oxygen atoms in total. The molecule has 1 heterocycles. The van der Waals surface area contributed by atoms with Crippen molar-refractivity contribution in [1.29, 1.82) is 0 Å². The van der Waals surface area contributed by atoms with E-state index in [1.165, 1.54) is 6.20 Å². The molecule has 0 aliphatic rings. The summed E-state index contributed by atoms with van der Waals surface area (Å²) >= 11 is 0.849. The largest absolute Gasteiger partial charge is 0.385 e. The molecule has 0 radical (unpaired) electrons. The molecule has 0 aliphatic carbocycles. The fourth-order valence-electron chi connectivity index (χ4n) is 0.641. The van der Waals surface area contributed by atoms with Crippen molar-refractivity contribution in [2.24, 2.45) is 0 Å². The highest BCUT2D eigenvalue weighted by Gasteiger charge is 2.18. The normalized spacial score (nSPS) is 12.9. The van der Waals surface area contributed by atoms with Crippen LogP contribution in [-0.2, 0) is 0 Å². The van der Waals surface area contributed by atoms with Gasteiger partial charge in [0.2, 0.25) is 0 Å². The van der Waals surface area contributed by atoms with Crippen molar-refractivity contribution in [2.75, 3.05) is 6.54 Å². The first kappa shape index (κ1) is 10.9. The molecule has 0 saturated heterocycles. The number of aliphatic hydroxyl groups is 1. The lowest BCUT2D eigenvalue weighted by atomic mass is 10.3. The van der Waals surface area contributed by atoms with Crippen molar-refractivity contribution in [3.63, 3.8) is 0 Å². The molecular weight excluding hydrogens is 216 g/mol. The van der Waals surface area contributed by atoms with Crippen LogP contribution >= 0.6 is 11.5 Å². The second-order valence-corrected chi connectivity index (χ2v) is 3.18. The maximum absolute atomic E-state index is 11.8. The average molecular weight is 223 g/mol. The molecule has 0 saturated carbocycles. The van der Waals surface area contributed by atoms with Gasteiger partial charge in [0, 0.05) is 6.54 Å². The summed E-state index contributed by atoms with van der Waals surface area (Å²) in [5, 5.41) is 14.2. The molecule has 1 rings (SSSR count). The Hall–Kier alpha value is -1.15. The summed E-state index contributed by atoms with van der Waals surface area (Å²) in [6.07, 6.45) is -3.50. The van der Waals surface area contributed by atoms with Gasteiger partial charge in [0.25, 0.3) is 12.3 Å². The van der Waals surface area contributed by atoms with Gasteiger partial charge in [-0.05, 0) is 11.5 Å². The number of hydrogen-bond donors (Lipinski definition) is 2. The smallest absolute Gasteiger partial charge is 0.265 e. The molecule has 0 fully saturated rings. The van der Waals surface area contributed by atoms with Crippen molar-refractivity contribution in [2.45, 2.75) is 12.5 Å². The van der Waals surface area contributed by atoms with Crippen molar-refractivity contribution >= 4 is 17.4 Å². The first-order valence-electron chi connectivity index (χ1n) is 3.63. The molecule has 1 aromatic heterocycles. The summed E-state index contributed by atoms with van der Waals surface area (Å²) in [4.78, 5) is 11.3. The number of halogens is 2. The summed E-state index contributed by atoms with van der Waals surface area (Å²) in [5.74, 6) is -0.570. The molecule has 14 heavy (non-hydrogen) atoms. The number of hydrogen-bond acceptors (Lipinski definition) is 5. The van der Waals surface area contributed by atoms with Crippen molar-refractivity contribution in [3.8, 4) is 0 Å². The van der Waals surface area contributed by atoms with Gasteiger partial charge >= 0.3 is 0 Å². The van der Waals surface area contributed by atoms with Gasteiger partial charge in [0.1, 0.15) is 11.0 Å². The Morgan fingerprint density at radius 1 is 1.71 bits per heavy atom. The molecule has 78 valence electrons. The topological polar surface area (TPSA) is 75.1 Å². The van der Waals surface area contributed by atoms with Gasteiger partial charge in [-0.25, -0.2) is 8.78 Å². The maximum atomic E-state index is 11.8. The van der Waals surface area contributed by atoms with Crippen LogP contribution < -0.4 is 5.32 Å². The third kappa shape index (κ3) is 2.96. The van der Waals surface area contributed by atoms with E-state index in [1.807, 2.05) is 0 Å². The lowest BCUT2D eigenvalue weighted by Gasteiger charge is -2.09. The van der Waals surface area contributed by atoms with Crippen LogP contribution in [0.2, 0.25) is 0 Å². The van der Waals surface area contributed by atoms with Gasteiger partial charge in [-0.1, -0.05) is 4.49 Å². The highest BCUT2D eigenvalue weighted by atomic mass is 32.1. The Balaban J connectivity index is 2.36. The molecule has 2 N–H and O–H groups in total.